The third kappa shape index (κ3) is 4.33. The van der Waals surface area contributed by atoms with E-state index in [0.29, 0.717) is 31.4 Å². The normalized spacial score (nSPS) is 15.5. The number of nitrogens with zero attached hydrogens (tertiary/aromatic N) is 5. The zero-order chi connectivity index (χ0) is 20.3. The van der Waals surface area contributed by atoms with Gasteiger partial charge >= 0.3 is 0 Å². The van der Waals surface area contributed by atoms with Crippen molar-refractivity contribution < 1.29 is 17.7 Å². The van der Waals surface area contributed by atoms with E-state index in [2.05, 4.69) is 15.1 Å². The topological polar surface area (TPSA) is 103 Å². The standard InChI is InChI=1S/C19H23N5O4S/c1-2-27-16-8-6-15(7-9-16)19-21-17(22-28-19)12-23-13-18(20-14-23)29(25,26)24-10-4-3-5-11-24/h6-9,13-14H,2-5,10-12H2,1H3. The molecule has 2 aromatic heterocycles. The highest BCUT2D eigenvalue weighted by Crippen LogP contribution is 2.22. The van der Waals surface area contributed by atoms with Crippen LogP contribution in [0.5, 0.6) is 5.75 Å². The molecule has 9 nitrogen and oxygen atoms in total. The van der Waals surface area contributed by atoms with Gasteiger partial charge in [0.05, 0.1) is 19.5 Å². The van der Waals surface area contributed by atoms with Gasteiger partial charge in [-0.25, -0.2) is 13.4 Å². The predicted octanol–water partition coefficient (Wildman–Crippen LogP) is 2.55. The van der Waals surface area contributed by atoms with Crippen LogP contribution in [-0.4, -0.2) is 52.1 Å². The first-order valence-corrected chi connectivity index (χ1v) is 11.1. The molecule has 1 aliphatic heterocycles. The highest BCUT2D eigenvalue weighted by atomic mass is 32.2. The summed E-state index contributed by atoms with van der Waals surface area (Å²) in [5.41, 5.74) is 0.784. The molecule has 0 aliphatic carbocycles. The number of aromatic nitrogens is 4. The SMILES string of the molecule is CCOc1ccc(-c2nc(Cn3cnc(S(=O)(=O)N4CCCCC4)c3)no2)cc1. The summed E-state index contributed by atoms with van der Waals surface area (Å²) in [6.07, 6.45) is 5.82. The van der Waals surface area contributed by atoms with Crippen LogP contribution in [0.2, 0.25) is 0 Å². The second kappa shape index (κ2) is 8.34. The molecule has 4 rings (SSSR count). The van der Waals surface area contributed by atoms with Crippen LogP contribution in [0.1, 0.15) is 32.0 Å². The average Bonchev–Trinajstić information content (AvgIpc) is 3.40. The highest BCUT2D eigenvalue weighted by Gasteiger charge is 2.28. The fraction of sp³-hybridized carbons (Fsp3) is 0.421. The van der Waals surface area contributed by atoms with Crippen LogP contribution in [-0.2, 0) is 16.6 Å². The second-order valence-electron chi connectivity index (χ2n) is 6.82. The van der Waals surface area contributed by atoms with E-state index in [9.17, 15) is 8.42 Å². The third-order valence-corrected chi connectivity index (χ3v) is 6.52. The summed E-state index contributed by atoms with van der Waals surface area (Å²) in [5.74, 6) is 1.61. The van der Waals surface area contributed by atoms with Crippen molar-refractivity contribution in [3.63, 3.8) is 0 Å². The number of ether oxygens (including phenoxy) is 1. The predicted molar refractivity (Wildman–Crippen MR) is 105 cm³/mol. The molecule has 0 N–H and O–H groups in total. The van der Waals surface area contributed by atoms with Crippen molar-refractivity contribution in [1.29, 1.82) is 0 Å². The Balaban J connectivity index is 1.45. The molecule has 29 heavy (non-hydrogen) atoms. The van der Waals surface area contributed by atoms with E-state index >= 15 is 0 Å². The molecule has 0 atom stereocenters. The van der Waals surface area contributed by atoms with E-state index < -0.39 is 10.0 Å². The summed E-state index contributed by atoms with van der Waals surface area (Å²) in [4.78, 5) is 8.47. The number of imidazole rings is 1. The smallest absolute Gasteiger partial charge is 0.262 e. The van der Waals surface area contributed by atoms with Gasteiger partial charge < -0.3 is 13.8 Å². The van der Waals surface area contributed by atoms with Crippen molar-refractivity contribution in [3.05, 3.63) is 42.6 Å². The van der Waals surface area contributed by atoms with Gasteiger partial charge in [-0.2, -0.15) is 9.29 Å². The van der Waals surface area contributed by atoms with E-state index in [0.717, 1.165) is 30.6 Å². The van der Waals surface area contributed by atoms with Gasteiger partial charge in [0.25, 0.3) is 15.9 Å². The molecule has 1 saturated heterocycles. The Morgan fingerprint density at radius 2 is 1.90 bits per heavy atom. The monoisotopic (exact) mass is 417 g/mol. The summed E-state index contributed by atoms with van der Waals surface area (Å²) in [7, 11) is -3.55. The summed E-state index contributed by atoms with van der Waals surface area (Å²) in [6.45, 7) is 3.89. The van der Waals surface area contributed by atoms with Gasteiger partial charge in [0.15, 0.2) is 10.9 Å². The molecule has 1 aliphatic rings. The Kier molecular flexibility index (Phi) is 5.63. The molecular formula is C19H23N5O4S. The Bertz CT molecular complexity index is 1050. The highest BCUT2D eigenvalue weighted by molar-refractivity contribution is 7.89. The summed E-state index contributed by atoms with van der Waals surface area (Å²) in [5, 5.41) is 4.03. The van der Waals surface area contributed by atoms with Crippen LogP contribution in [0.25, 0.3) is 11.5 Å². The van der Waals surface area contributed by atoms with Crippen LogP contribution in [0.15, 0.2) is 46.3 Å². The minimum absolute atomic E-state index is 0.0506. The fourth-order valence-corrected chi connectivity index (χ4v) is 4.71. The Hall–Kier alpha value is -2.72. The molecule has 1 aromatic carbocycles. The minimum Gasteiger partial charge on any atom is -0.494 e. The van der Waals surface area contributed by atoms with Gasteiger partial charge in [0.1, 0.15) is 5.75 Å². The average molecular weight is 417 g/mol. The molecule has 0 saturated carbocycles. The van der Waals surface area contributed by atoms with Gasteiger partial charge in [-0.3, -0.25) is 0 Å². The molecule has 0 radical (unpaired) electrons. The van der Waals surface area contributed by atoms with Crippen LogP contribution < -0.4 is 4.74 Å². The molecule has 1 fully saturated rings. The van der Waals surface area contributed by atoms with Gasteiger partial charge in [-0.15, -0.1) is 0 Å². The molecule has 3 aromatic rings. The largest absolute Gasteiger partial charge is 0.494 e. The van der Waals surface area contributed by atoms with Crippen LogP contribution in [0.4, 0.5) is 0 Å². The number of benzene rings is 1. The van der Waals surface area contributed by atoms with Gasteiger partial charge in [0.2, 0.25) is 0 Å². The van der Waals surface area contributed by atoms with Gasteiger partial charge in [-0.05, 0) is 44.0 Å². The van der Waals surface area contributed by atoms with Crippen molar-refractivity contribution in [1.82, 2.24) is 24.0 Å². The first-order valence-electron chi connectivity index (χ1n) is 9.64. The second-order valence-corrected chi connectivity index (χ2v) is 8.71. The maximum atomic E-state index is 12.7. The van der Waals surface area contributed by atoms with E-state index in [4.69, 9.17) is 9.26 Å². The molecule has 0 unspecified atom stereocenters. The van der Waals surface area contributed by atoms with E-state index in [1.54, 1.807) is 4.57 Å². The van der Waals surface area contributed by atoms with Gasteiger partial charge in [-0.1, -0.05) is 11.6 Å². The van der Waals surface area contributed by atoms with Crippen LogP contribution in [0, 0.1) is 0 Å². The number of piperidine rings is 1. The maximum absolute atomic E-state index is 12.7. The van der Waals surface area contributed by atoms with Crippen molar-refractivity contribution in [2.45, 2.75) is 37.8 Å². The molecule has 154 valence electrons. The molecule has 0 bridgehead atoms. The zero-order valence-corrected chi connectivity index (χ0v) is 17.0. The first kappa shape index (κ1) is 19.6. The molecule has 10 heteroatoms. The number of hydrogen-bond acceptors (Lipinski definition) is 7. The van der Waals surface area contributed by atoms with Crippen LogP contribution >= 0.6 is 0 Å². The lowest BCUT2D eigenvalue weighted by Gasteiger charge is -2.24. The summed E-state index contributed by atoms with van der Waals surface area (Å²) < 4.78 is 39.3. The summed E-state index contributed by atoms with van der Waals surface area (Å²) >= 11 is 0. The molecule has 0 amide bonds. The number of hydrogen-bond donors (Lipinski definition) is 0. The van der Waals surface area contributed by atoms with Crippen LogP contribution in [0.3, 0.4) is 0 Å². The van der Waals surface area contributed by atoms with Crippen molar-refractivity contribution in [2.75, 3.05) is 19.7 Å². The minimum atomic E-state index is -3.55. The molecular weight excluding hydrogens is 394 g/mol. The first-order chi connectivity index (χ1) is 14.1. The Labute approximate surface area is 169 Å². The van der Waals surface area contributed by atoms with E-state index in [1.807, 2.05) is 31.2 Å². The lowest BCUT2D eigenvalue weighted by Crippen LogP contribution is -2.35. The van der Waals surface area contributed by atoms with E-state index in [1.165, 1.54) is 16.8 Å². The van der Waals surface area contributed by atoms with Crippen molar-refractivity contribution in [2.24, 2.45) is 0 Å². The third-order valence-electron chi connectivity index (χ3n) is 4.73. The summed E-state index contributed by atoms with van der Waals surface area (Å²) in [6, 6.07) is 7.39. The molecule has 0 spiro atoms. The maximum Gasteiger partial charge on any atom is 0.262 e. The Morgan fingerprint density at radius 3 is 2.62 bits per heavy atom. The van der Waals surface area contributed by atoms with Crippen molar-refractivity contribution in [3.8, 4) is 17.2 Å². The van der Waals surface area contributed by atoms with Crippen molar-refractivity contribution >= 4 is 10.0 Å². The lowest BCUT2D eigenvalue weighted by molar-refractivity contribution is 0.340. The van der Waals surface area contributed by atoms with E-state index in [-0.39, 0.29) is 11.6 Å². The number of rotatable bonds is 7. The van der Waals surface area contributed by atoms with Gasteiger partial charge in [0, 0.05) is 24.8 Å². The number of sulfonamides is 1. The quantitative estimate of drug-likeness (QED) is 0.582. The zero-order valence-electron chi connectivity index (χ0n) is 16.2. The lowest BCUT2D eigenvalue weighted by atomic mass is 10.2. The molecule has 3 heterocycles. The fourth-order valence-electron chi connectivity index (χ4n) is 3.26. The Morgan fingerprint density at radius 1 is 1.14 bits per heavy atom.